The Morgan fingerprint density at radius 3 is 3.00 bits per heavy atom. The van der Waals surface area contributed by atoms with E-state index in [0.717, 1.165) is 11.7 Å². The van der Waals surface area contributed by atoms with Gasteiger partial charge < -0.3 is 15.2 Å². The van der Waals surface area contributed by atoms with Gasteiger partial charge >= 0.3 is 0 Å². The van der Waals surface area contributed by atoms with Crippen LogP contribution < -0.4 is 5.32 Å². The third-order valence-corrected chi connectivity index (χ3v) is 2.47. The Morgan fingerprint density at radius 2 is 2.43 bits per heavy atom. The molecule has 0 bridgehead atoms. The Bertz CT molecular complexity index is 271. The minimum absolute atomic E-state index is 0.338. The lowest BCUT2D eigenvalue weighted by molar-refractivity contribution is 0.0615. The van der Waals surface area contributed by atoms with Crippen molar-refractivity contribution in [2.75, 3.05) is 25.6 Å². The van der Waals surface area contributed by atoms with E-state index in [1.165, 1.54) is 0 Å². The van der Waals surface area contributed by atoms with Gasteiger partial charge in [-0.1, -0.05) is 11.6 Å². The summed E-state index contributed by atoms with van der Waals surface area (Å²) < 4.78 is 12.5. The molecule has 0 spiro atoms. The molecule has 80 valence electrons. The van der Waals surface area contributed by atoms with Crippen LogP contribution in [0.5, 0.6) is 0 Å². The fraction of sp³-hybridized carbons (Fsp3) is 0.714. The van der Waals surface area contributed by atoms with Gasteiger partial charge in [0.15, 0.2) is 11.0 Å². The Hall–Kier alpha value is -0.430. The highest BCUT2D eigenvalue weighted by Gasteiger charge is 2.06. The van der Waals surface area contributed by atoms with Gasteiger partial charge in [-0.2, -0.15) is 8.75 Å². The first-order chi connectivity index (χ1) is 6.74. The number of methoxy groups -OCH3 is 1. The normalized spacial score (nSPS) is 12.8. The summed E-state index contributed by atoms with van der Waals surface area (Å²) in [6.07, 6.45) is 0.125. The van der Waals surface area contributed by atoms with Crippen molar-refractivity contribution in [2.24, 2.45) is 0 Å². The number of nitrogens with one attached hydrogen (secondary N) is 1. The highest BCUT2D eigenvalue weighted by atomic mass is 35.5. The number of halogens is 1. The van der Waals surface area contributed by atoms with E-state index in [1.54, 1.807) is 7.11 Å². The standard InChI is InChI=1S/C7H12ClN3O2S/c1-13-4-5(12)2-3-9-7-6(8)10-14-11-7/h5,12H,2-4H2,1H3,(H,9,11). The third-order valence-electron chi connectivity index (χ3n) is 1.58. The number of hydrogen-bond acceptors (Lipinski definition) is 6. The fourth-order valence-electron chi connectivity index (χ4n) is 0.916. The van der Waals surface area contributed by atoms with Gasteiger partial charge in [-0.25, -0.2) is 0 Å². The second-order valence-corrected chi connectivity index (χ2v) is 3.61. The maximum Gasteiger partial charge on any atom is 0.186 e. The molecule has 0 radical (unpaired) electrons. The molecule has 1 unspecified atom stereocenters. The zero-order valence-corrected chi connectivity index (χ0v) is 9.31. The molecule has 1 atom stereocenters. The average molecular weight is 238 g/mol. The first kappa shape index (κ1) is 11.6. The summed E-state index contributed by atoms with van der Waals surface area (Å²) in [5.74, 6) is 0.571. The highest BCUT2D eigenvalue weighted by molar-refractivity contribution is 6.99. The van der Waals surface area contributed by atoms with Crippen molar-refractivity contribution in [1.29, 1.82) is 0 Å². The summed E-state index contributed by atoms with van der Waals surface area (Å²) in [5.41, 5.74) is 0. The van der Waals surface area contributed by atoms with Crippen LogP contribution in [0.2, 0.25) is 5.15 Å². The number of nitrogens with zero attached hydrogens (tertiary/aromatic N) is 2. The van der Waals surface area contributed by atoms with E-state index in [1.807, 2.05) is 0 Å². The minimum atomic E-state index is -0.460. The topological polar surface area (TPSA) is 67.3 Å². The molecule has 1 rings (SSSR count). The molecule has 0 amide bonds. The number of ether oxygens (including phenoxy) is 1. The molecule has 1 aromatic rings. The second kappa shape index (κ2) is 6.13. The number of aliphatic hydroxyl groups is 1. The van der Waals surface area contributed by atoms with Gasteiger partial charge in [0, 0.05) is 13.7 Å². The van der Waals surface area contributed by atoms with Crippen LogP contribution in [0, 0.1) is 0 Å². The molecule has 0 saturated heterocycles. The Kier molecular flexibility index (Phi) is 5.10. The number of rotatable bonds is 6. The third kappa shape index (κ3) is 3.75. The minimum Gasteiger partial charge on any atom is -0.391 e. The van der Waals surface area contributed by atoms with E-state index in [9.17, 15) is 5.11 Å². The molecule has 0 aliphatic heterocycles. The van der Waals surface area contributed by atoms with E-state index in [0.29, 0.717) is 30.5 Å². The van der Waals surface area contributed by atoms with Crippen molar-refractivity contribution < 1.29 is 9.84 Å². The molecule has 2 N–H and O–H groups in total. The Morgan fingerprint density at radius 1 is 1.64 bits per heavy atom. The first-order valence-electron chi connectivity index (χ1n) is 4.13. The van der Waals surface area contributed by atoms with Gasteiger partial charge in [-0.3, -0.25) is 0 Å². The average Bonchev–Trinajstić information content (AvgIpc) is 2.52. The molecule has 1 aromatic heterocycles. The van der Waals surface area contributed by atoms with Crippen molar-refractivity contribution in [2.45, 2.75) is 12.5 Å². The predicted octanol–water partition coefficient (Wildman–Crippen LogP) is 1.00. The zero-order valence-electron chi connectivity index (χ0n) is 7.73. The van der Waals surface area contributed by atoms with Crippen molar-refractivity contribution in [1.82, 2.24) is 8.75 Å². The van der Waals surface area contributed by atoms with Crippen LogP contribution in [0.15, 0.2) is 0 Å². The lowest BCUT2D eigenvalue weighted by atomic mass is 10.3. The SMILES string of the molecule is COCC(O)CCNc1nsnc1Cl. The molecule has 0 saturated carbocycles. The van der Waals surface area contributed by atoms with Crippen molar-refractivity contribution >= 4 is 29.1 Å². The Balaban J connectivity index is 2.19. The smallest absolute Gasteiger partial charge is 0.186 e. The summed E-state index contributed by atoms with van der Waals surface area (Å²) in [5, 5.41) is 12.7. The van der Waals surface area contributed by atoms with Gasteiger partial charge in [-0.15, -0.1) is 0 Å². The molecule has 0 aromatic carbocycles. The number of anilines is 1. The molecule has 5 nitrogen and oxygen atoms in total. The molecular weight excluding hydrogens is 226 g/mol. The quantitative estimate of drug-likeness (QED) is 0.773. The molecule has 0 fully saturated rings. The number of aliphatic hydroxyl groups excluding tert-OH is 1. The molecule has 1 heterocycles. The summed E-state index contributed by atoms with van der Waals surface area (Å²) >= 11 is 6.76. The van der Waals surface area contributed by atoms with Crippen molar-refractivity contribution in [3.8, 4) is 0 Å². The van der Waals surface area contributed by atoms with E-state index in [-0.39, 0.29) is 0 Å². The van der Waals surface area contributed by atoms with Crippen LogP contribution >= 0.6 is 23.3 Å². The monoisotopic (exact) mass is 237 g/mol. The lowest BCUT2D eigenvalue weighted by Crippen LogP contribution is -2.18. The predicted molar refractivity (Wildman–Crippen MR) is 55.9 cm³/mol. The maximum absolute atomic E-state index is 9.32. The van der Waals surface area contributed by atoms with Crippen LogP contribution in [0.3, 0.4) is 0 Å². The van der Waals surface area contributed by atoms with Crippen LogP contribution in [0.4, 0.5) is 5.82 Å². The van der Waals surface area contributed by atoms with Crippen LogP contribution in [0.1, 0.15) is 6.42 Å². The first-order valence-corrected chi connectivity index (χ1v) is 5.23. The van der Waals surface area contributed by atoms with E-state index >= 15 is 0 Å². The summed E-state index contributed by atoms with van der Waals surface area (Å²) in [7, 11) is 1.55. The largest absolute Gasteiger partial charge is 0.391 e. The molecule has 14 heavy (non-hydrogen) atoms. The summed E-state index contributed by atoms with van der Waals surface area (Å²) in [4.78, 5) is 0. The summed E-state index contributed by atoms with van der Waals surface area (Å²) in [6.45, 7) is 0.931. The fourth-order valence-corrected chi connectivity index (χ4v) is 1.60. The number of hydrogen-bond donors (Lipinski definition) is 2. The van der Waals surface area contributed by atoms with Crippen molar-refractivity contribution in [3.05, 3.63) is 5.15 Å². The maximum atomic E-state index is 9.32. The van der Waals surface area contributed by atoms with E-state index < -0.39 is 6.10 Å². The van der Waals surface area contributed by atoms with Crippen LogP contribution in [-0.2, 0) is 4.74 Å². The second-order valence-electron chi connectivity index (χ2n) is 2.73. The zero-order chi connectivity index (χ0) is 10.4. The van der Waals surface area contributed by atoms with E-state index in [2.05, 4.69) is 14.1 Å². The van der Waals surface area contributed by atoms with Gasteiger partial charge in [0.1, 0.15) is 0 Å². The van der Waals surface area contributed by atoms with Crippen LogP contribution in [0.25, 0.3) is 0 Å². The molecule has 0 aliphatic carbocycles. The van der Waals surface area contributed by atoms with Crippen LogP contribution in [-0.4, -0.2) is 40.2 Å². The number of aromatic nitrogens is 2. The van der Waals surface area contributed by atoms with Gasteiger partial charge in [-0.05, 0) is 6.42 Å². The van der Waals surface area contributed by atoms with E-state index in [4.69, 9.17) is 16.3 Å². The van der Waals surface area contributed by atoms with Gasteiger partial charge in [0.25, 0.3) is 0 Å². The lowest BCUT2D eigenvalue weighted by Gasteiger charge is -2.09. The van der Waals surface area contributed by atoms with Gasteiger partial charge in [0.2, 0.25) is 0 Å². The van der Waals surface area contributed by atoms with Gasteiger partial charge in [0.05, 0.1) is 24.4 Å². The molecule has 7 heteroatoms. The van der Waals surface area contributed by atoms with Crippen molar-refractivity contribution in [3.63, 3.8) is 0 Å². The summed E-state index contributed by atoms with van der Waals surface area (Å²) in [6, 6.07) is 0. The molecular formula is C7H12ClN3O2S. The Labute approximate surface area is 91.4 Å². The molecule has 0 aliphatic rings. The highest BCUT2D eigenvalue weighted by Crippen LogP contribution is 2.17.